The number of phenols is 1. The van der Waals surface area contributed by atoms with Gasteiger partial charge in [-0.25, -0.2) is 13.2 Å². The van der Waals surface area contributed by atoms with Crippen LogP contribution in [-0.4, -0.2) is 76.6 Å². The molecule has 9 rings (SSSR count). The van der Waals surface area contributed by atoms with Gasteiger partial charge in [0, 0.05) is 54.5 Å². The van der Waals surface area contributed by atoms with Crippen molar-refractivity contribution in [3.63, 3.8) is 0 Å². The Labute approximate surface area is 274 Å². The van der Waals surface area contributed by atoms with Crippen LogP contribution in [-0.2, 0) is 0 Å². The smallest absolute Gasteiger partial charge is 0.319 e. The van der Waals surface area contributed by atoms with Crippen LogP contribution in [0.4, 0.5) is 19.0 Å². The monoisotopic (exact) mass is 653 g/mol. The number of halogens is 3. The first kappa shape index (κ1) is 29.6. The maximum absolute atomic E-state index is 17.5. The zero-order valence-corrected chi connectivity index (χ0v) is 26.5. The number of aromatic hydroxyl groups is 1. The number of furan rings is 1. The van der Waals surface area contributed by atoms with Crippen LogP contribution in [0.15, 0.2) is 34.7 Å². The summed E-state index contributed by atoms with van der Waals surface area (Å²) in [5.74, 6) is 2.00. The molecule has 0 radical (unpaired) electrons. The van der Waals surface area contributed by atoms with Crippen molar-refractivity contribution < 1.29 is 27.4 Å². The lowest BCUT2D eigenvalue weighted by Crippen LogP contribution is -2.52. The first-order valence-corrected chi connectivity index (χ1v) is 16.6. The number of hydrogen-bond acceptors (Lipinski definition) is 8. The van der Waals surface area contributed by atoms with E-state index in [0.717, 1.165) is 45.3 Å². The van der Waals surface area contributed by atoms with Gasteiger partial charge in [0.25, 0.3) is 0 Å². The Morgan fingerprint density at radius 2 is 1.96 bits per heavy atom. The van der Waals surface area contributed by atoms with E-state index in [1.54, 1.807) is 6.92 Å². The minimum atomic E-state index is -0.925. The molecule has 4 aliphatic heterocycles. The summed E-state index contributed by atoms with van der Waals surface area (Å²) in [7, 11) is 0. The summed E-state index contributed by atoms with van der Waals surface area (Å²) in [6.07, 6.45) is 8.92. The second-order valence-electron chi connectivity index (χ2n) is 13.8. The lowest BCUT2D eigenvalue weighted by Gasteiger charge is -2.37. The van der Waals surface area contributed by atoms with Crippen molar-refractivity contribution in [1.82, 2.24) is 20.2 Å². The summed E-state index contributed by atoms with van der Waals surface area (Å²) < 4.78 is 59.8. The quantitative estimate of drug-likeness (QED) is 0.212. The maximum Gasteiger partial charge on any atom is 0.319 e. The molecule has 4 atom stereocenters. The summed E-state index contributed by atoms with van der Waals surface area (Å²) in [4.78, 5) is 14.1. The van der Waals surface area contributed by atoms with Crippen molar-refractivity contribution in [1.29, 1.82) is 0 Å². The molecular formula is C37H34F3N5O3. The predicted molar refractivity (Wildman–Crippen MR) is 177 cm³/mol. The van der Waals surface area contributed by atoms with Gasteiger partial charge in [-0.3, -0.25) is 4.90 Å². The fourth-order valence-corrected chi connectivity index (χ4v) is 8.97. The first-order chi connectivity index (χ1) is 23.2. The lowest BCUT2D eigenvalue weighted by atomic mass is 9.91. The zero-order chi connectivity index (χ0) is 32.9. The molecule has 5 aromatic rings. The Bertz CT molecular complexity index is 2180. The Morgan fingerprint density at radius 3 is 2.75 bits per heavy atom. The van der Waals surface area contributed by atoms with Crippen LogP contribution >= 0.6 is 0 Å². The Kier molecular flexibility index (Phi) is 6.62. The molecule has 2 N–H and O–H groups in total. The number of anilines is 1. The fraction of sp³-hybridized carbons (Fsp3) is 0.405. The molecule has 3 aromatic carbocycles. The SMILES string of the molecule is C#Cc1c(F)ccc2cc(O)cc(-c3c(F)c4nc(OC[C@@]56CCCN5C[C@H](F)C6)nc(N5[C@@H]6CC[C@H]5CNC6)c4c4cc(C)oc34)c12. The number of alkyl halides is 1. The highest BCUT2D eigenvalue weighted by molar-refractivity contribution is 6.18. The van der Waals surface area contributed by atoms with E-state index in [1.165, 1.54) is 24.3 Å². The molecule has 8 nitrogen and oxygen atoms in total. The minimum absolute atomic E-state index is 0.00380. The molecule has 0 unspecified atom stereocenters. The summed E-state index contributed by atoms with van der Waals surface area (Å²) in [6, 6.07) is 7.70. The Morgan fingerprint density at radius 1 is 1.15 bits per heavy atom. The van der Waals surface area contributed by atoms with Crippen LogP contribution in [0.2, 0.25) is 0 Å². The number of piperazine rings is 1. The molecule has 4 fully saturated rings. The Hall–Kier alpha value is -4.53. The first-order valence-electron chi connectivity index (χ1n) is 16.6. The van der Waals surface area contributed by atoms with Crippen molar-refractivity contribution in [2.75, 3.05) is 37.7 Å². The van der Waals surface area contributed by atoms with Gasteiger partial charge in [-0.2, -0.15) is 9.97 Å². The summed E-state index contributed by atoms with van der Waals surface area (Å²) in [5, 5.41) is 16.1. The second-order valence-corrected chi connectivity index (χ2v) is 13.8. The van der Waals surface area contributed by atoms with Crippen LogP contribution < -0.4 is 15.0 Å². The third-order valence-electron chi connectivity index (χ3n) is 11.0. The van der Waals surface area contributed by atoms with Gasteiger partial charge in [-0.1, -0.05) is 12.0 Å². The topological polar surface area (TPSA) is 86.9 Å². The molecule has 0 amide bonds. The standard InChI is InChI=1S/C37H34F3N5O3/c1-3-25-28(39)8-5-20-12-24(46)13-26(29(20)25)30-32(40)33-31(27-11-19(2)48-34(27)30)35(45-22-6-7-23(45)16-41-15-22)43-36(42-33)47-18-37-9-4-10-44(37)17-21(38)14-37/h1,5,8,11-13,21-23,41,46H,4,6-7,9-10,14-18H2,2H3/t21-,22-,23+,37+/m1/s1. The number of hydrogen-bond donors (Lipinski definition) is 2. The van der Waals surface area contributed by atoms with Crippen LogP contribution in [0.25, 0.3) is 43.8 Å². The number of phenolic OH excluding ortho intramolecular Hbond substituents is 1. The third-order valence-corrected chi connectivity index (χ3v) is 11.0. The van der Waals surface area contributed by atoms with Crippen LogP contribution in [0.3, 0.4) is 0 Å². The van der Waals surface area contributed by atoms with Gasteiger partial charge < -0.3 is 24.5 Å². The molecule has 246 valence electrons. The van der Waals surface area contributed by atoms with Crippen molar-refractivity contribution in [3.8, 4) is 35.2 Å². The lowest BCUT2D eigenvalue weighted by molar-refractivity contribution is 0.107. The molecule has 0 spiro atoms. The third kappa shape index (κ3) is 4.31. The average molecular weight is 654 g/mol. The normalized spacial score (nSPS) is 25.4. The number of nitrogens with one attached hydrogen (secondary N) is 1. The van der Waals surface area contributed by atoms with Crippen molar-refractivity contribution in [2.24, 2.45) is 0 Å². The van der Waals surface area contributed by atoms with E-state index in [0.29, 0.717) is 40.7 Å². The molecule has 4 aliphatic rings. The predicted octanol–water partition coefficient (Wildman–Crippen LogP) is 6.37. The van der Waals surface area contributed by atoms with Crippen LogP contribution in [0, 0.1) is 30.9 Å². The molecule has 48 heavy (non-hydrogen) atoms. The second kappa shape index (κ2) is 10.7. The van der Waals surface area contributed by atoms with E-state index in [2.05, 4.69) is 21.0 Å². The number of nitrogens with zero attached hydrogens (tertiary/aromatic N) is 4. The molecule has 4 saturated heterocycles. The average Bonchev–Trinajstić information content (AvgIpc) is 3.78. The highest BCUT2D eigenvalue weighted by Gasteiger charge is 2.49. The summed E-state index contributed by atoms with van der Waals surface area (Å²) >= 11 is 0. The van der Waals surface area contributed by atoms with Crippen LogP contribution in [0.5, 0.6) is 11.8 Å². The van der Waals surface area contributed by atoms with Crippen molar-refractivity contribution >= 4 is 38.5 Å². The van der Waals surface area contributed by atoms with E-state index in [-0.39, 0.29) is 63.6 Å². The molecular weight excluding hydrogens is 619 g/mol. The van der Waals surface area contributed by atoms with Gasteiger partial charge in [0.2, 0.25) is 0 Å². The fourth-order valence-electron chi connectivity index (χ4n) is 8.97. The number of aromatic nitrogens is 2. The molecule has 11 heteroatoms. The highest BCUT2D eigenvalue weighted by Crippen LogP contribution is 2.48. The summed E-state index contributed by atoms with van der Waals surface area (Å²) in [6.45, 7) is 4.68. The molecule has 6 heterocycles. The minimum Gasteiger partial charge on any atom is -0.508 e. The zero-order valence-electron chi connectivity index (χ0n) is 26.5. The summed E-state index contributed by atoms with van der Waals surface area (Å²) in [5.41, 5.74) is -0.0748. The van der Waals surface area contributed by atoms with E-state index in [9.17, 15) is 9.50 Å². The largest absolute Gasteiger partial charge is 0.508 e. The van der Waals surface area contributed by atoms with Gasteiger partial charge in [0.1, 0.15) is 47.0 Å². The van der Waals surface area contributed by atoms with E-state index in [4.69, 9.17) is 25.5 Å². The van der Waals surface area contributed by atoms with Gasteiger partial charge in [0.05, 0.1) is 22.1 Å². The number of aryl methyl sites for hydroxylation is 1. The number of fused-ring (bicyclic) bond motifs is 7. The van der Waals surface area contributed by atoms with Gasteiger partial charge in [-0.15, -0.1) is 6.42 Å². The number of ether oxygens (including phenoxy) is 1. The van der Waals surface area contributed by atoms with E-state index in [1.807, 2.05) is 6.07 Å². The van der Waals surface area contributed by atoms with Gasteiger partial charge in [0.15, 0.2) is 5.82 Å². The Balaban J connectivity index is 1.31. The van der Waals surface area contributed by atoms with E-state index >= 15 is 8.78 Å². The van der Waals surface area contributed by atoms with Gasteiger partial charge >= 0.3 is 6.01 Å². The van der Waals surface area contributed by atoms with Crippen molar-refractivity contribution in [2.45, 2.75) is 62.8 Å². The van der Waals surface area contributed by atoms with E-state index < -0.39 is 23.3 Å². The molecule has 0 aliphatic carbocycles. The molecule has 2 aromatic heterocycles. The number of terminal acetylenes is 1. The maximum atomic E-state index is 17.5. The van der Waals surface area contributed by atoms with Gasteiger partial charge in [-0.05, 0) is 68.8 Å². The van der Waals surface area contributed by atoms with Crippen molar-refractivity contribution in [3.05, 3.63) is 53.3 Å². The highest BCUT2D eigenvalue weighted by atomic mass is 19.1. The van der Waals surface area contributed by atoms with Crippen LogP contribution in [0.1, 0.15) is 43.4 Å². The molecule has 2 bridgehead atoms. The number of rotatable bonds is 5. The molecule has 0 saturated carbocycles. The number of benzene rings is 3.